The minimum absolute atomic E-state index is 0.188. The Bertz CT molecular complexity index is 6660. The zero-order chi connectivity index (χ0) is 102. The number of fused-ring (bicyclic) bond motifs is 2. The summed E-state index contributed by atoms with van der Waals surface area (Å²) in [6.45, 7) is 24.0. The molecule has 11 aromatic carbocycles. The van der Waals surface area contributed by atoms with Gasteiger partial charge in [0.15, 0.2) is 44.8 Å². The van der Waals surface area contributed by atoms with Gasteiger partial charge in [0.2, 0.25) is 73.2 Å². The molecule has 1 aliphatic heterocycles. The molecule has 21 heteroatoms. The Morgan fingerprint density at radius 1 is 0.384 bits per heavy atom. The highest BCUT2D eigenvalue weighted by Crippen LogP contribution is 2.29. The molecule has 0 bridgehead atoms. The molecule has 0 aliphatic carbocycles. The smallest absolute Gasteiger partial charge is 0.386 e. The number of benzene rings is 11. The summed E-state index contributed by atoms with van der Waals surface area (Å²) in [6.07, 6.45) is 37.0. The normalized spacial score (nSPS) is 10.9. The van der Waals surface area contributed by atoms with Crippen LogP contribution in [0.1, 0.15) is 146 Å². The standard InChI is InChI=1S/C25H30NO.C23H26NO.C14H16NO2.C14H16NOS.C13H15N2O.C13H10NO2.C12H13N2O.C11H14NO/c1-3-5-12-21(4-2)20-27-26-18-17-24(22-13-8-6-9-14-22)19-25(26)23-15-10-7-11-16-23;1-2-3-4-11-18-25-24-17-16-22(20-12-7-5-8-13-20)19-23(24)21-14-9-6-10-15-21;1-2-12-16-15-10-8-14(9-11-15)17-13-6-4-3-5-7-13;1-12(2)16-15-10-8-14(9-11-15)17-13-6-4-3-5-7-13;1-12-7-9-15(11-14-12)16-10-8-13-5-3-2-4-6-13;1-2-6-11(7-3-1)16-14-10-15-13-9-5-4-8-12(13)14;1-11-9-13-7-8-14(11)15-10-12-5-3-2-4-6-12;1-2-7-13-12-8-10-5-3-4-6-11(10)9-12/h6-11,13-19,21H,3-5,12,20H2,1-2H3;5-10,12-17,19H,2-4,11,18H2,1H3;3-11H,2,12H2,1H3;3-12H,1-2H3;2-7,9,11H,8,10H2,1H3;1-10H;2-9H,10H2,1H3;3-6,8H,2,7,9H2,1H3/q8*+1. The zero-order valence-corrected chi connectivity index (χ0v) is 86.5. The Balaban J connectivity index is 0.000000150. The largest absolute Gasteiger partial charge is 0.457 e. The zero-order valence-electron chi connectivity index (χ0n) is 85.6. The van der Waals surface area contributed by atoms with E-state index in [-0.39, 0.29) is 6.10 Å². The second-order valence-electron chi connectivity index (χ2n) is 34.5. The maximum atomic E-state index is 6.25. The van der Waals surface area contributed by atoms with Crippen molar-refractivity contribution >= 4 is 29.1 Å². The quantitative estimate of drug-likeness (QED) is 0.0267. The maximum Gasteiger partial charge on any atom is 0.386 e. The third-order valence-electron chi connectivity index (χ3n) is 22.6. The van der Waals surface area contributed by atoms with Gasteiger partial charge in [0, 0.05) is 120 Å². The van der Waals surface area contributed by atoms with E-state index in [1.807, 2.05) is 267 Å². The molecule has 0 fully saturated rings. The first-order valence-electron chi connectivity index (χ1n) is 50.7. The molecule has 1 unspecified atom stereocenters. The SMILES string of the molecule is CC(C)O[n+]1ccc(Sc2ccccc2)cc1.CCCCC(CC)CO[n+]1ccc(-c2ccccc2)cc1-c1ccccc1.CCCCCCO[n+]1ccc(-c2ccccc2)cc1-c1ccccc1.CCCO[N+]1=Cc2ccccc2C1.CCCO[n+]1ccc(Oc2ccccc2)cc1.Cc1cc[n+](OCCc2ccccc2)cn1.Cc1cncc[n+]1OCc1ccccc1.c1ccc(O[n+]2coc3ccccc32)cc1. The minimum Gasteiger partial charge on any atom is -0.457 e. The van der Waals surface area contributed by atoms with E-state index in [0.717, 1.165) is 126 Å². The highest BCUT2D eigenvalue weighted by atomic mass is 32.2. The lowest BCUT2D eigenvalue weighted by atomic mass is 10.0. The monoisotopic (exact) mass is 1970 g/mol. The average Bonchev–Trinajstić information content (AvgIpc) is 1.18. The fourth-order valence-electron chi connectivity index (χ4n) is 14.7. The molecule has 1 aliphatic rings. The summed E-state index contributed by atoms with van der Waals surface area (Å²) in [7, 11) is 0. The predicted molar refractivity (Wildman–Crippen MR) is 577 cm³/mol. The Kier molecular flexibility index (Phi) is 46.9. The maximum absolute atomic E-state index is 6.25. The van der Waals surface area contributed by atoms with Crippen molar-refractivity contribution in [3.05, 3.63) is 484 Å². The third kappa shape index (κ3) is 38.6. The summed E-state index contributed by atoms with van der Waals surface area (Å²) in [5.74, 6) is 3.02. The molecule has 0 saturated heterocycles. The fourth-order valence-corrected chi connectivity index (χ4v) is 15.6. The van der Waals surface area contributed by atoms with Crippen LogP contribution in [0.15, 0.2) is 465 Å². The topological polar surface area (TPSA) is 152 Å². The van der Waals surface area contributed by atoms with Crippen LogP contribution in [-0.2, 0) is 24.4 Å². The second-order valence-corrected chi connectivity index (χ2v) is 35.7. The second kappa shape index (κ2) is 63.0. The van der Waals surface area contributed by atoms with Crippen LogP contribution in [0.2, 0.25) is 0 Å². The molecular formula is C125H140N10O10S+8. The number of aromatic nitrogens is 9. The van der Waals surface area contributed by atoms with Gasteiger partial charge >= 0.3 is 18.2 Å². The van der Waals surface area contributed by atoms with Crippen molar-refractivity contribution in [1.82, 2.24) is 9.97 Å². The molecule has 19 rings (SSSR count). The molecule has 748 valence electrons. The number of unbranched alkanes of at least 4 members (excludes halogenated alkanes) is 4. The first-order chi connectivity index (χ1) is 71.8. The van der Waals surface area contributed by atoms with Crippen molar-refractivity contribution in [3.63, 3.8) is 0 Å². The van der Waals surface area contributed by atoms with Crippen LogP contribution >= 0.6 is 11.8 Å². The highest BCUT2D eigenvalue weighted by Gasteiger charge is 2.24. The lowest BCUT2D eigenvalue weighted by molar-refractivity contribution is -0.899. The molecule has 146 heavy (non-hydrogen) atoms. The first-order valence-corrected chi connectivity index (χ1v) is 51.5. The van der Waals surface area contributed by atoms with Crippen molar-refractivity contribution in [2.45, 2.75) is 162 Å². The number of hydrogen-bond acceptors (Lipinski definition) is 13. The highest BCUT2D eigenvalue weighted by molar-refractivity contribution is 7.99. The van der Waals surface area contributed by atoms with Crippen molar-refractivity contribution in [2.24, 2.45) is 5.92 Å². The summed E-state index contributed by atoms with van der Waals surface area (Å²) >= 11 is 1.75. The van der Waals surface area contributed by atoms with Gasteiger partial charge in [-0.3, -0.25) is 34.0 Å². The van der Waals surface area contributed by atoms with E-state index in [1.54, 1.807) is 66.7 Å². The summed E-state index contributed by atoms with van der Waals surface area (Å²) < 4.78 is 25.2. The van der Waals surface area contributed by atoms with Crippen LogP contribution in [0.3, 0.4) is 0 Å². The fraction of sp³-hybridized carbons (Fsp3) is 0.232. The molecular weight excluding hydrogens is 1830 g/mol. The van der Waals surface area contributed by atoms with Crippen molar-refractivity contribution in [1.29, 1.82) is 0 Å². The van der Waals surface area contributed by atoms with Crippen LogP contribution in [0.4, 0.5) is 0 Å². The van der Waals surface area contributed by atoms with Crippen LogP contribution < -0.4 is 71.7 Å². The number of oxazole rings is 1. The van der Waals surface area contributed by atoms with Crippen molar-refractivity contribution < 1.29 is 85.7 Å². The van der Waals surface area contributed by atoms with Crippen molar-refractivity contribution in [2.75, 3.05) is 33.0 Å². The number of rotatable bonds is 38. The average molecular weight is 1970 g/mol. The van der Waals surface area contributed by atoms with Gasteiger partial charge in [0.25, 0.3) is 11.4 Å². The van der Waals surface area contributed by atoms with E-state index in [9.17, 15) is 0 Å². The first kappa shape index (κ1) is 109. The molecule has 0 amide bonds. The molecule has 8 heterocycles. The lowest BCUT2D eigenvalue weighted by Crippen LogP contribution is -2.46. The van der Waals surface area contributed by atoms with Crippen molar-refractivity contribution in [3.8, 4) is 62.0 Å². The molecule has 7 aromatic heterocycles. The van der Waals surface area contributed by atoms with E-state index in [0.29, 0.717) is 25.7 Å². The number of nitrogens with zero attached hydrogens (tertiary/aromatic N) is 10. The number of hydroxylamine groups is 1. The summed E-state index contributed by atoms with van der Waals surface area (Å²) in [4.78, 5) is 56.1. The number of pyridine rings is 4. The molecule has 18 aromatic rings. The van der Waals surface area contributed by atoms with E-state index in [1.165, 1.54) is 87.3 Å². The Morgan fingerprint density at radius 2 is 0.890 bits per heavy atom. The van der Waals surface area contributed by atoms with Crippen LogP contribution in [-0.4, -0.2) is 60.1 Å². The molecule has 0 saturated carbocycles. The van der Waals surface area contributed by atoms with Gasteiger partial charge in [-0.25, -0.2) is 4.84 Å². The third-order valence-corrected chi connectivity index (χ3v) is 23.6. The van der Waals surface area contributed by atoms with E-state index in [2.05, 4.69) is 245 Å². The molecule has 20 nitrogen and oxygen atoms in total. The molecule has 0 N–H and O–H groups in total. The Morgan fingerprint density at radius 3 is 1.46 bits per heavy atom. The minimum atomic E-state index is 0.188. The number of hydrogen-bond donors (Lipinski definition) is 0. The van der Waals surface area contributed by atoms with Gasteiger partial charge in [0.05, 0.1) is 33.8 Å². The molecule has 1 atom stereocenters. The van der Waals surface area contributed by atoms with Crippen LogP contribution in [0, 0.1) is 19.8 Å². The Hall–Kier alpha value is -16.1. The number of ether oxygens (including phenoxy) is 1. The summed E-state index contributed by atoms with van der Waals surface area (Å²) in [6, 6.07) is 126. The van der Waals surface area contributed by atoms with Gasteiger partial charge < -0.3 is 14.0 Å². The molecule has 0 radical (unpaired) electrons. The van der Waals surface area contributed by atoms with Gasteiger partial charge in [-0.2, -0.15) is 0 Å². The predicted octanol–water partition coefficient (Wildman–Crippen LogP) is 24.0. The summed E-state index contributed by atoms with van der Waals surface area (Å²) in [5, 5.41) is 0. The number of aryl methyl sites for hydroxylation is 2. The lowest BCUT2D eigenvalue weighted by Gasteiger charge is -2.13. The Labute approximate surface area is 866 Å². The van der Waals surface area contributed by atoms with Gasteiger partial charge in [0.1, 0.15) is 24.3 Å². The van der Waals surface area contributed by atoms with E-state index >= 15 is 0 Å². The molecule has 0 spiro atoms. The van der Waals surface area contributed by atoms with Gasteiger partial charge in [-0.1, -0.05) is 324 Å². The van der Waals surface area contributed by atoms with E-state index in [4.69, 9.17) is 47.9 Å². The van der Waals surface area contributed by atoms with Gasteiger partial charge in [-0.05, 0) is 169 Å². The number of para-hydroxylation sites is 4. The van der Waals surface area contributed by atoms with Crippen LogP contribution in [0.25, 0.3) is 55.9 Å². The van der Waals surface area contributed by atoms with E-state index < -0.39 is 0 Å². The van der Waals surface area contributed by atoms with Crippen LogP contribution in [0.5, 0.6) is 17.2 Å². The summed E-state index contributed by atoms with van der Waals surface area (Å²) in [5.41, 5.74) is 18.1. The van der Waals surface area contributed by atoms with Gasteiger partial charge in [-0.15, -0.1) is 0 Å².